The molecule has 0 atom stereocenters. The summed E-state index contributed by atoms with van der Waals surface area (Å²) in [7, 11) is 3.58. The number of aromatic nitrogens is 1. The number of hydrogen-bond acceptors (Lipinski definition) is 4. The number of aliphatic imine (C=N–C) groups is 1. The van der Waals surface area contributed by atoms with Gasteiger partial charge in [0.15, 0.2) is 5.96 Å². The van der Waals surface area contributed by atoms with Gasteiger partial charge in [-0.3, -0.25) is 9.98 Å². The monoisotopic (exact) mass is 495 g/mol. The molecular weight excluding hydrogens is 465 g/mol. The van der Waals surface area contributed by atoms with Crippen LogP contribution in [0.1, 0.15) is 11.3 Å². The predicted octanol–water partition coefficient (Wildman–Crippen LogP) is 2.96. The maximum Gasteiger partial charge on any atom is 0.193 e. The van der Waals surface area contributed by atoms with E-state index in [0.29, 0.717) is 0 Å². The fourth-order valence-corrected chi connectivity index (χ4v) is 3.35. The molecule has 0 spiro atoms. The second-order valence-electron chi connectivity index (χ2n) is 6.68. The van der Waals surface area contributed by atoms with Gasteiger partial charge < -0.3 is 19.9 Å². The van der Waals surface area contributed by atoms with Crippen molar-refractivity contribution in [3.05, 3.63) is 53.9 Å². The first-order valence-corrected chi connectivity index (χ1v) is 9.46. The average molecular weight is 495 g/mol. The summed E-state index contributed by atoms with van der Waals surface area (Å²) in [6.45, 7) is 6.62. The van der Waals surface area contributed by atoms with Crippen molar-refractivity contribution in [2.24, 2.45) is 4.99 Å². The maximum atomic E-state index is 5.50. The first-order chi connectivity index (χ1) is 13.2. The molecule has 7 heteroatoms. The summed E-state index contributed by atoms with van der Waals surface area (Å²) in [6, 6.07) is 12.4. The van der Waals surface area contributed by atoms with E-state index in [1.807, 2.05) is 32.3 Å². The molecule has 3 rings (SSSR count). The molecule has 152 valence electrons. The zero-order chi connectivity index (χ0) is 19.1. The van der Waals surface area contributed by atoms with Gasteiger partial charge in [0.2, 0.25) is 0 Å². The van der Waals surface area contributed by atoms with Crippen LogP contribution < -0.4 is 15.0 Å². The molecule has 28 heavy (non-hydrogen) atoms. The van der Waals surface area contributed by atoms with Crippen molar-refractivity contribution in [2.75, 3.05) is 51.8 Å². The Morgan fingerprint density at radius 3 is 2.54 bits per heavy atom. The van der Waals surface area contributed by atoms with Gasteiger partial charge >= 0.3 is 0 Å². The highest BCUT2D eigenvalue weighted by atomic mass is 127. The fraction of sp³-hybridized carbons (Fsp3) is 0.429. The maximum absolute atomic E-state index is 5.50. The van der Waals surface area contributed by atoms with E-state index in [1.165, 1.54) is 5.56 Å². The van der Waals surface area contributed by atoms with Crippen LogP contribution in [0.2, 0.25) is 0 Å². The van der Waals surface area contributed by atoms with Gasteiger partial charge in [0.1, 0.15) is 5.75 Å². The van der Waals surface area contributed by atoms with Gasteiger partial charge in [0, 0.05) is 51.7 Å². The topological polar surface area (TPSA) is 53.0 Å². The van der Waals surface area contributed by atoms with Crippen LogP contribution in [0.25, 0.3) is 0 Å². The molecule has 0 saturated carbocycles. The minimum absolute atomic E-state index is 0. The number of nitrogens with one attached hydrogen (secondary N) is 1. The van der Waals surface area contributed by atoms with Gasteiger partial charge in [0.05, 0.1) is 12.8 Å². The van der Waals surface area contributed by atoms with Crippen LogP contribution in [0.15, 0.2) is 47.6 Å². The van der Waals surface area contributed by atoms with E-state index in [1.54, 1.807) is 7.11 Å². The van der Waals surface area contributed by atoms with Crippen molar-refractivity contribution >= 4 is 35.6 Å². The molecule has 1 aliphatic rings. The number of guanidine groups is 1. The van der Waals surface area contributed by atoms with Crippen molar-refractivity contribution < 1.29 is 4.74 Å². The third-order valence-electron chi connectivity index (χ3n) is 4.89. The molecule has 0 bridgehead atoms. The Labute approximate surface area is 185 Å². The Kier molecular flexibility index (Phi) is 8.82. The van der Waals surface area contributed by atoms with Crippen LogP contribution in [0, 0.1) is 6.92 Å². The van der Waals surface area contributed by atoms with Gasteiger partial charge in [-0.2, -0.15) is 0 Å². The molecular formula is C21H30IN5O. The first kappa shape index (κ1) is 22.3. The van der Waals surface area contributed by atoms with E-state index in [4.69, 9.17) is 4.74 Å². The summed E-state index contributed by atoms with van der Waals surface area (Å²) in [5.41, 5.74) is 3.45. The molecule has 1 aliphatic heterocycles. The lowest BCUT2D eigenvalue weighted by Gasteiger charge is -2.38. The molecule has 1 aromatic heterocycles. The summed E-state index contributed by atoms with van der Waals surface area (Å²) in [4.78, 5) is 13.5. The summed E-state index contributed by atoms with van der Waals surface area (Å²) in [6.07, 6.45) is 2.89. The Morgan fingerprint density at radius 2 is 1.89 bits per heavy atom. The molecule has 0 aliphatic carbocycles. The number of aryl methyl sites for hydroxylation is 1. The van der Waals surface area contributed by atoms with Gasteiger partial charge in [0.25, 0.3) is 0 Å². The van der Waals surface area contributed by atoms with Crippen molar-refractivity contribution in [2.45, 2.75) is 13.3 Å². The summed E-state index contributed by atoms with van der Waals surface area (Å²) >= 11 is 0. The van der Waals surface area contributed by atoms with Crippen LogP contribution >= 0.6 is 24.0 Å². The second kappa shape index (κ2) is 11.1. The van der Waals surface area contributed by atoms with Crippen molar-refractivity contribution in [1.29, 1.82) is 0 Å². The summed E-state index contributed by atoms with van der Waals surface area (Å²) < 4.78 is 5.50. The Bertz CT molecular complexity index is 758. The highest BCUT2D eigenvalue weighted by Gasteiger charge is 2.21. The number of methoxy groups -OCH3 is 1. The minimum atomic E-state index is 0. The standard InChI is InChI=1S/C21H29N5O.HI/c1-17-8-9-18(16-24-17)10-11-23-21(22-2)26-14-12-25(13-15-26)19-6-4-5-7-20(19)27-3;/h4-9,16H,10-15H2,1-3H3,(H,22,23);1H. The second-order valence-corrected chi connectivity index (χ2v) is 6.68. The van der Waals surface area contributed by atoms with E-state index in [2.05, 4.69) is 49.4 Å². The summed E-state index contributed by atoms with van der Waals surface area (Å²) in [5.74, 6) is 1.90. The molecule has 2 aromatic rings. The summed E-state index contributed by atoms with van der Waals surface area (Å²) in [5, 5.41) is 3.48. The molecule has 0 unspecified atom stereocenters. The van der Waals surface area contributed by atoms with Crippen molar-refractivity contribution in [1.82, 2.24) is 15.2 Å². The average Bonchev–Trinajstić information content (AvgIpc) is 2.73. The van der Waals surface area contributed by atoms with Crippen LogP contribution in [0.3, 0.4) is 0 Å². The lowest BCUT2D eigenvalue weighted by molar-refractivity contribution is 0.367. The Morgan fingerprint density at radius 1 is 1.14 bits per heavy atom. The van der Waals surface area contributed by atoms with Gasteiger partial charge in [-0.15, -0.1) is 24.0 Å². The highest BCUT2D eigenvalue weighted by molar-refractivity contribution is 14.0. The molecule has 6 nitrogen and oxygen atoms in total. The largest absolute Gasteiger partial charge is 0.495 e. The number of anilines is 1. The highest BCUT2D eigenvalue weighted by Crippen LogP contribution is 2.28. The first-order valence-electron chi connectivity index (χ1n) is 9.46. The lowest BCUT2D eigenvalue weighted by Crippen LogP contribution is -2.52. The number of benzene rings is 1. The molecule has 1 N–H and O–H groups in total. The smallest absolute Gasteiger partial charge is 0.193 e. The minimum Gasteiger partial charge on any atom is -0.495 e. The zero-order valence-electron chi connectivity index (χ0n) is 16.9. The zero-order valence-corrected chi connectivity index (χ0v) is 19.2. The van der Waals surface area contributed by atoms with Gasteiger partial charge in [-0.05, 0) is 37.1 Å². The normalized spacial score (nSPS) is 14.5. The number of ether oxygens (including phenoxy) is 1. The van der Waals surface area contributed by atoms with E-state index in [9.17, 15) is 0 Å². The lowest BCUT2D eigenvalue weighted by atomic mass is 10.2. The molecule has 0 radical (unpaired) electrons. The molecule has 0 amide bonds. The number of para-hydroxylation sites is 2. The van der Waals surface area contributed by atoms with Gasteiger partial charge in [-0.1, -0.05) is 18.2 Å². The Hall–Kier alpha value is -2.03. The van der Waals surface area contributed by atoms with Crippen LogP contribution in [0.5, 0.6) is 5.75 Å². The Balaban J connectivity index is 0.00000280. The number of nitrogens with zero attached hydrogens (tertiary/aromatic N) is 4. The number of rotatable bonds is 5. The van der Waals surface area contributed by atoms with E-state index < -0.39 is 0 Å². The van der Waals surface area contributed by atoms with Crippen LogP contribution in [0.4, 0.5) is 5.69 Å². The van der Waals surface area contributed by atoms with Crippen molar-refractivity contribution in [3.63, 3.8) is 0 Å². The van der Waals surface area contributed by atoms with Gasteiger partial charge in [-0.25, -0.2) is 0 Å². The third-order valence-corrected chi connectivity index (χ3v) is 4.89. The van der Waals surface area contributed by atoms with E-state index in [0.717, 1.165) is 62.2 Å². The molecule has 1 saturated heterocycles. The van der Waals surface area contributed by atoms with E-state index >= 15 is 0 Å². The molecule has 2 heterocycles. The van der Waals surface area contributed by atoms with E-state index in [-0.39, 0.29) is 24.0 Å². The number of piperazine rings is 1. The number of pyridine rings is 1. The van der Waals surface area contributed by atoms with Crippen LogP contribution in [-0.2, 0) is 6.42 Å². The molecule has 1 aromatic carbocycles. The van der Waals surface area contributed by atoms with Crippen molar-refractivity contribution in [3.8, 4) is 5.75 Å². The molecule has 1 fully saturated rings. The number of halogens is 1. The SMILES string of the molecule is CN=C(NCCc1ccc(C)nc1)N1CCN(c2ccccc2OC)CC1.I. The quantitative estimate of drug-likeness (QED) is 0.393. The number of hydrogen-bond donors (Lipinski definition) is 1. The van der Waals surface area contributed by atoms with Crippen LogP contribution in [-0.4, -0.2) is 62.7 Å². The fourth-order valence-electron chi connectivity index (χ4n) is 3.35. The predicted molar refractivity (Wildman–Crippen MR) is 126 cm³/mol. The third kappa shape index (κ3) is 5.73.